The van der Waals surface area contributed by atoms with Gasteiger partial charge in [-0.2, -0.15) is 0 Å². The molecule has 3 rings (SSSR count). The van der Waals surface area contributed by atoms with Gasteiger partial charge in [0.15, 0.2) is 0 Å². The summed E-state index contributed by atoms with van der Waals surface area (Å²) in [6, 6.07) is 15.6. The van der Waals surface area contributed by atoms with Crippen molar-refractivity contribution in [2.75, 3.05) is 44.7 Å². The van der Waals surface area contributed by atoms with Crippen molar-refractivity contribution in [3.8, 4) is 5.75 Å². The highest BCUT2D eigenvalue weighted by atomic mass is 35.5. The number of halogens is 1. The summed E-state index contributed by atoms with van der Waals surface area (Å²) in [5.41, 5.74) is 2.01. The number of anilines is 1. The molecule has 0 spiro atoms. The fourth-order valence-corrected chi connectivity index (χ4v) is 3.31. The van der Waals surface area contributed by atoms with E-state index in [0.29, 0.717) is 6.54 Å². The van der Waals surface area contributed by atoms with Crippen molar-refractivity contribution in [2.24, 2.45) is 0 Å². The lowest BCUT2D eigenvalue weighted by Gasteiger charge is -2.37. The van der Waals surface area contributed by atoms with E-state index in [9.17, 15) is 5.11 Å². The van der Waals surface area contributed by atoms with Crippen LogP contribution in [0.2, 0.25) is 5.02 Å². The van der Waals surface area contributed by atoms with E-state index in [1.54, 1.807) is 7.11 Å². The maximum absolute atomic E-state index is 10.4. The monoisotopic (exact) mass is 346 g/mol. The van der Waals surface area contributed by atoms with E-state index >= 15 is 0 Å². The van der Waals surface area contributed by atoms with Gasteiger partial charge in [0.2, 0.25) is 0 Å². The molecule has 5 heteroatoms. The van der Waals surface area contributed by atoms with Gasteiger partial charge in [-0.1, -0.05) is 35.9 Å². The van der Waals surface area contributed by atoms with Crippen molar-refractivity contribution in [1.29, 1.82) is 0 Å². The molecular formula is C19H23ClN2O2. The lowest BCUT2D eigenvalue weighted by molar-refractivity contribution is 0.109. The number of piperazine rings is 1. The smallest absolute Gasteiger partial charge is 0.118 e. The zero-order chi connectivity index (χ0) is 16.9. The van der Waals surface area contributed by atoms with E-state index in [4.69, 9.17) is 16.3 Å². The van der Waals surface area contributed by atoms with Crippen LogP contribution in [0.4, 0.5) is 5.69 Å². The van der Waals surface area contributed by atoms with Gasteiger partial charge in [0, 0.05) is 32.7 Å². The Balaban J connectivity index is 1.54. The summed E-state index contributed by atoms with van der Waals surface area (Å²) in [6.45, 7) is 4.30. The third kappa shape index (κ3) is 4.01. The standard InChI is InChI=1S/C19H23ClN2O2/c1-24-16-8-6-15(7-9-16)19(23)14-21-10-12-22(13-11-21)18-5-3-2-4-17(18)20/h2-9,19,23H,10-14H2,1H3. The summed E-state index contributed by atoms with van der Waals surface area (Å²) in [5, 5.41) is 11.2. The lowest BCUT2D eigenvalue weighted by atomic mass is 10.1. The average molecular weight is 347 g/mol. The van der Waals surface area contributed by atoms with Gasteiger partial charge in [0.05, 0.1) is 23.9 Å². The minimum Gasteiger partial charge on any atom is -0.497 e. The number of aliphatic hydroxyl groups is 1. The molecule has 1 heterocycles. The van der Waals surface area contributed by atoms with Gasteiger partial charge in [-0.25, -0.2) is 0 Å². The normalized spacial score (nSPS) is 16.9. The molecule has 0 aliphatic carbocycles. The zero-order valence-electron chi connectivity index (χ0n) is 13.9. The fraction of sp³-hybridized carbons (Fsp3) is 0.368. The number of methoxy groups -OCH3 is 1. The van der Waals surface area contributed by atoms with Crippen LogP contribution in [0, 0.1) is 0 Å². The van der Waals surface area contributed by atoms with Gasteiger partial charge in [-0.05, 0) is 29.8 Å². The maximum Gasteiger partial charge on any atom is 0.118 e. The number of benzene rings is 2. The molecule has 1 aliphatic heterocycles. The van der Waals surface area contributed by atoms with Crippen LogP contribution in [0.15, 0.2) is 48.5 Å². The molecule has 0 bridgehead atoms. The summed E-state index contributed by atoms with van der Waals surface area (Å²) in [6.07, 6.45) is -0.484. The molecule has 0 saturated carbocycles. The van der Waals surface area contributed by atoms with Crippen LogP contribution >= 0.6 is 11.6 Å². The predicted octanol–water partition coefficient (Wildman–Crippen LogP) is 3.20. The molecular weight excluding hydrogens is 324 g/mol. The Bertz CT molecular complexity index is 655. The van der Waals surface area contributed by atoms with Crippen molar-refractivity contribution < 1.29 is 9.84 Å². The second kappa shape index (κ2) is 7.88. The molecule has 4 nitrogen and oxygen atoms in total. The summed E-state index contributed by atoms with van der Waals surface area (Å²) < 4.78 is 5.15. The quantitative estimate of drug-likeness (QED) is 0.902. The van der Waals surface area contributed by atoms with E-state index < -0.39 is 6.10 Å². The highest BCUT2D eigenvalue weighted by Gasteiger charge is 2.21. The Labute approximate surface area is 148 Å². The number of aliphatic hydroxyl groups excluding tert-OH is 1. The van der Waals surface area contributed by atoms with E-state index in [1.165, 1.54) is 0 Å². The summed E-state index contributed by atoms with van der Waals surface area (Å²) >= 11 is 6.28. The van der Waals surface area contributed by atoms with Crippen molar-refractivity contribution in [3.05, 3.63) is 59.1 Å². The van der Waals surface area contributed by atoms with Crippen molar-refractivity contribution >= 4 is 17.3 Å². The largest absolute Gasteiger partial charge is 0.497 e. The topological polar surface area (TPSA) is 35.9 Å². The van der Waals surface area contributed by atoms with Crippen molar-refractivity contribution in [2.45, 2.75) is 6.10 Å². The SMILES string of the molecule is COc1ccc(C(O)CN2CCN(c3ccccc3Cl)CC2)cc1. The molecule has 0 radical (unpaired) electrons. The molecule has 1 atom stereocenters. The van der Waals surface area contributed by atoms with E-state index in [0.717, 1.165) is 48.2 Å². The fourth-order valence-electron chi connectivity index (χ4n) is 3.06. The van der Waals surface area contributed by atoms with Crippen molar-refractivity contribution in [1.82, 2.24) is 4.90 Å². The Kier molecular flexibility index (Phi) is 5.61. The second-order valence-corrected chi connectivity index (χ2v) is 6.44. The Hall–Kier alpha value is -1.75. The minimum atomic E-state index is -0.484. The first-order chi connectivity index (χ1) is 11.7. The number of para-hydroxylation sites is 1. The number of rotatable bonds is 5. The van der Waals surface area contributed by atoms with Crippen LogP contribution < -0.4 is 9.64 Å². The Morgan fingerprint density at radius 2 is 1.71 bits per heavy atom. The molecule has 1 aliphatic rings. The molecule has 0 aromatic heterocycles. The van der Waals surface area contributed by atoms with Gasteiger partial charge in [0.1, 0.15) is 5.75 Å². The first-order valence-electron chi connectivity index (χ1n) is 8.21. The van der Waals surface area contributed by atoms with E-state index in [2.05, 4.69) is 15.9 Å². The molecule has 2 aromatic rings. The number of β-amino-alcohol motifs (C(OH)–C–C–N with tert-alkyl or cyclic N) is 1. The van der Waals surface area contributed by atoms with Gasteiger partial charge in [-0.3, -0.25) is 4.90 Å². The molecule has 1 saturated heterocycles. The first kappa shape index (κ1) is 17.1. The number of nitrogens with zero attached hydrogens (tertiary/aromatic N) is 2. The summed E-state index contributed by atoms with van der Waals surface area (Å²) in [5.74, 6) is 0.805. The zero-order valence-corrected chi connectivity index (χ0v) is 14.6. The third-order valence-electron chi connectivity index (χ3n) is 4.50. The van der Waals surface area contributed by atoms with Crippen LogP contribution in [-0.4, -0.2) is 49.8 Å². The minimum absolute atomic E-state index is 0.484. The second-order valence-electron chi connectivity index (χ2n) is 6.03. The summed E-state index contributed by atoms with van der Waals surface area (Å²) in [4.78, 5) is 4.60. The number of hydrogen-bond acceptors (Lipinski definition) is 4. The maximum atomic E-state index is 10.4. The van der Waals surface area contributed by atoms with E-state index in [1.807, 2.05) is 42.5 Å². The Morgan fingerprint density at radius 1 is 1.04 bits per heavy atom. The molecule has 1 fully saturated rings. The lowest BCUT2D eigenvalue weighted by Crippen LogP contribution is -2.47. The highest BCUT2D eigenvalue weighted by molar-refractivity contribution is 6.33. The van der Waals surface area contributed by atoms with Gasteiger partial charge in [0.25, 0.3) is 0 Å². The van der Waals surface area contributed by atoms with E-state index in [-0.39, 0.29) is 0 Å². The Morgan fingerprint density at radius 3 is 2.33 bits per heavy atom. The van der Waals surface area contributed by atoms with Crippen LogP contribution in [0.25, 0.3) is 0 Å². The van der Waals surface area contributed by atoms with Crippen LogP contribution in [0.3, 0.4) is 0 Å². The van der Waals surface area contributed by atoms with Gasteiger partial charge >= 0.3 is 0 Å². The number of hydrogen-bond donors (Lipinski definition) is 1. The first-order valence-corrected chi connectivity index (χ1v) is 8.59. The van der Waals surface area contributed by atoms with Crippen molar-refractivity contribution in [3.63, 3.8) is 0 Å². The molecule has 2 aromatic carbocycles. The number of ether oxygens (including phenoxy) is 1. The van der Waals surface area contributed by atoms with Crippen LogP contribution in [0.1, 0.15) is 11.7 Å². The highest BCUT2D eigenvalue weighted by Crippen LogP contribution is 2.26. The predicted molar refractivity (Wildman–Crippen MR) is 98.1 cm³/mol. The summed E-state index contributed by atoms with van der Waals surface area (Å²) in [7, 11) is 1.64. The average Bonchev–Trinajstić information content (AvgIpc) is 2.63. The van der Waals surface area contributed by atoms with Crippen LogP contribution in [-0.2, 0) is 0 Å². The molecule has 128 valence electrons. The van der Waals surface area contributed by atoms with Gasteiger partial charge in [-0.15, -0.1) is 0 Å². The molecule has 1 unspecified atom stereocenters. The third-order valence-corrected chi connectivity index (χ3v) is 4.82. The van der Waals surface area contributed by atoms with Crippen LogP contribution in [0.5, 0.6) is 5.75 Å². The molecule has 24 heavy (non-hydrogen) atoms. The molecule has 0 amide bonds. The van der Waals surface area contributed by atoms with Gasteiger partial charge < -0.3 is 14.7 Å². The molecule has 1 N–H and O–H groups in total.